The van der Waals surface area contributed by atoms with Crippen molar-refractivity contribution in [2.75, 3.05) is 17.4 Å². The molecule has 0 radical (unpaired) electrons. The third kappa shape index (κ3) is 7.64. The van der Waals surface area contributed by atoms with E-state index >= 15 is 0 Å². The summed E-state index contributed by atoms with van der Waals surface area (Å²) in [5.41, 5.74) is 0.625. The van der Waals surface area contributed by atoms with Gasteiger partial charge >= 0.3 is 0 Å². The molecule has 3 rings (SSSR count). The van der Waals surface area contributed by atoms with E-state index in [2.05, 4.69) is 5.32 Å². The monoisotopic (exact) mass is 552 g/mol. The van der Waals surface area contributed by atoms with Crippen LogP contribution in [0.2, 0.25) is 0 Å². The van der Waals surface area contributed by atoms with Crippen molar-refractivity contribution in [2.45, 2.75) is 38.3 Å². The third-order valence-corrected chi connectivity index (χ3v) is 7.79. The number of non-ortho nitro benzene ring substituents is 1. The van der Waals surface area contributed by atoms with Crippen molar-refractivity contribution < 1.29 is 22.9 Å². The van der Waals surface area contributed by atoms with Crippen LogP contribution >= 0.6 is 0 Å². The highest BCUT2D eigenvalue weighted by molar-refractivity contribution is 7.92. The summed E-state index contributed by atoms with van der Waals surface area (Å²) in [7, 11) is -4.24. The smallest absolute Gasteiger partial charge is 0.269 e. The first-order chi connectivity index (χ1) is 18.5. The third-order valence-electron chi connectivity index (χ3n) is 6.01. The van der Waals surface area contributed by atoms with Crippen LogP contribution in [0.1, 0.15) is 26.3 Å². The molecule has 0 aliphatic carbocycles. The zero-order chi connectivity index (χ0) is 28.6. The molecule has 0 unspecified atom stereocenters. The van der Waals surface area contributed by atoms with Crippen molar-refractivity contribution in [1.29, 1.82) is 0 Å². The molecule has 11 heteroatoms. The molecule has 2 amide bonds. The van der Waals surface area contributed by atoms with Crippen molar-refractivity contribution in [2.24, 2.45) is 5.92 Å². The van der Waals surface area contributed by atoms with Gasteiger partial charge in [0.2, 0.25) is 11.8 Å². The van der Waals surface area contributed by atoms with Crippen LogP contribution in [-0.2, 0) is 26.2 Å². The molecule has 3 aromatic rings. The molecule has 0 saturated carbocycles. The summed E-state index contributed by atoms with van der Waals surface area (Å²) in [5.74, 6) is -0.766. The number of nitro groups is 1. The molecule has 0 heterocycles. The number of nitro benzene ring substituents is 1. The second-order valence-electron chi connectivity index (χ2n) is 9.42. The first kappa shape index (κ1) is 29.3. The number of anilines is 1. The van der Waals surface area contributed by atoms with Gasteiger partial charge in [0.25, 0.3) is 15.7 Å². The number of benzene rings is 3. The first-order valence-corrected chi connectivity index (χ1v) is 13.9. The van der Waals surface area contributed by atoms with Crippen molar-refractivity contribution in [1.82, 2.24) is 10.2 Å². The fourth-order valence-corrected chi connectivity index (χ4v) is 5.24. The fraction of sp³-hybridized carbons (Fsp3) is 0.286. The predicted molar refractivity (Wildman–Crippen MR) is 148 cm³/mol. The summed E-state index contributed by atoms with van der Waals surface area (Å²) in [5, 5.41) is 14.0. The summed E-state index contributed by atoms with van der Waals surface area (Å²) in [6.07, 6.45) is 0. The van der Waals surface area contributed by atoms with Crippen molar-refractivity contribution >= 4 is 33.2 Å². The van der Waals surface area contributed by atoms with E-state index < -0.39 is 33.4 Å². The molecular weight excluding hydrogens is 520 g/mol. The lowest BCUT2D eigenvalue weighted by molar-refractivity contribution is -0.384. The van der Waals surface area contributed by atoms with Crippen LogP contribution in [0.25, 0.3) is 0 Å². The van der Waals surface area contributed by atoms with Gasteiger partial charge in [-0.05, 0) is 42.7 Å². The average Bonchev–Trinajstić information content (AvgIpc) is 2.93. The number of rotatable bonds is 12. The standard InChI is InChI=1S/C28H32N4O6S/c1-21(2)18-29-28(34)22(3)30(19-23-10-6-4-7-11-23)27(33)20-31(24-14-16-25(17-15-24)32(35)36)39(37,38)26-12-8-5-9-13-26/h4-17,21-22H,18-20H2,1-3H3,(H,29,34)/t22-/m1/s1. The number of hydrogen-bond acceptors (Lipinski definition) is 6. The molecular formula is C28H32N4O6S. The van der Waals surface area contributed by atoms with Crippen LogP contribution in [0.4, 0.5) is 11.4 Å². The molecule has 1 atom stereocenters. The molecule has 0 aliphatic rings. The Balaban J connectivity index is 2.00. The molecule has 3 aromatic carbocycles. The Morgan fingerprint density at radius 2 is 1.46 bits per heavy atom. The van der Waals surface area contributed by atoms with Gasteiger partial charge in [-0.15, -0.1) is 0 Å². The summed E-state index contributed by atoms with van der Waals surface area (Å²) >= 11 is 0. The van der Waals surface area contributed by atoms with E-state index in [1.54, 1.807) is 25.1 Å². The quantitative estimate of drug-likeness (QED) is 0.267. The van der Waals surface area contributed by atoms with E-state index in [0.717, 1.165) is 9.87 Å². The highest BCUT2D eigenvalue weighted by Crippen LogP contribution is 2.26. The lowest BCUT2D eigenvalue weighted by Crippen LogP contribution is -2.51. The number of amides is 2. The van der Waals surface area contributed by atoms with Gasteiger partial charge in [-0.2, -0.15) is 0 Å². The normalized spacial score (nSPS) is 12.0. The maximum absolute atomic E-state index is 13.8. The Morgan fingerprint density at radius 3 is 2.00 bits per heavy atom. The maximum Gasteiger partial charge on any atom is 0.269 e. The van der Waals surface area contributed by atoms with Gasteiger partial charge in [0.15, 0.2) is 0 Å². The molecule has 39 heavy (non-hydrogen) atoms. The Kier molecular flexibility index (Phi) is 9.78. The van der Waals surface area contributed by atoms with E-state index in [9.17, 15) is 28.1 Å². The van der Waals surface area contributed by atoms with E-state index in [1.165, 1.54) is 41.3 Å². The molecule has 0 spiro atoms. The van der Waals surface area contributed by atoms with Crippen LogP contribution in [-0.4, -0.2) is 49.2 Å². The molecule has 0 aliphatic heterocycles. The second-order valence-corrected chi connectivity index (χ2v) is 11.3. The molecule has 1 N–H and O–H groups in total. The minimum atomic E-state index is -4.24. The van der Waals surface area contributed by atoms with Crippen LogP contribution in [0.15, 0.2) is 89.8 Å². The van der Waals surface area contributed by atoms with Crippen LogP contribution in [0.5, 0.6) is 0 Å². The number of hydrogen-bond donors (Lipinski definition) is 1. The zero-order valence-electron chi connectivity index (χ0n) is 22.1. The number of nitrogens with one attached hydrogen (secondary N) is 1. The lowest BCUT2D eigenvalue weighted by Gasteiger charge is -2.32. The van der Waals surface area contributed by atoms with Gasteiger partial charge in [-0.3, -0.25) is 24.0 Å². The Hall–Kier alpha value is -4.25. The highest BCUT2D eigenvalue weighted by Gasteiger charge is 2.32. The molecule has 0 saturated heterocycles. The van der Waals surface area contributed by atoms with E-state index in [0.29, 0.717) is 6.54 Å². The number of carbonyl (C=O) groups excluding carboxylic acids is 2. The Morgan fingerprint density at radius 1 is 0.897 bits per heavy atom. The molecule has 0 bridgehead atoms. The fourth-order valence-electron chi connectivity index (χ4n) is 3.80. The van der Waals surface area contributed by atoms with Gasteiger partial charge in [-0.1, -0.05) is 62.4 Å². The number of nitrogens with zero attached hydrogens (tertiary/aromatic N) is 3. The predicted octanol–water partition coefficient (Wildman–Crippen LogP) is 3.98. The lowest BCUT2D eigenvalue weighted by atomic mass is 10.1. The van der Waals surface area contributed by atoms with Crippen molar-refractivity contribution in [3.05, 3.63) is 101 Å². The molecule has 10 nitrogen and oxygen atoms in total. The van der Waals surface area contributed by atoms with Crippen LogP contribution < -0.4 is 9.62 Å². The van der Waals surface area contributed by atoms with E-state index in [1.807, 2.05) is 44.2 Å². The minimum Gasteiger partial charge on any atom is -0.354 e. The van der Waals surface area contributed by atoms with Crippen LogP contribution in [0, 0.1) is 16.0 Å². The topological polar surface area (TPSA) is 130 Å². The first-order valence-electron chi connectivity index (χ1n) is 12.4. The van der Waals surface area contributed by atoms with Gasteiger partial charge in [0.1, 0.15) is 12.6 Å². The molecule has 206 valence electrons. The summed E-state index contributed by atoms with van der Waals surface area (Å²) < 4.78 is 28.3. The summed E-state index contributed by atoms with van der Waals surface area (Å²) in [4.78, 5) is 38.6. The summed E-state index contributed by atoms with van der Waals surface area (Å²) in [6.45, 7) is 5.38. The van der Waals surface area contributed by atoms with E-state index in [-0.39, 0.29) is 34.6 Å². The number of carbonyl (C=O) groups is 2. The van der Waals surface area contributed by atoms with Gasteiger partial charge in [-0.25, -0.2) is 8.42 Å². The Bertz CT molecular complexity index is 1380. The SMILES string of the molecule is CC(C)CNC(=O)[C@@H](C)N(Cc1ccccc1)C(=O)CN(c1ccc([N+](=O)[O-])cc1)S(=O)(=O)c1ccccc1. The Labute approximate surface area is 228 Å². The second kappa shape index (κ2) is 13.0. The molecule has 0 fully saturated rings. The van der Waals surface area contributed by atoms with Gasteiger partial charge in [0, 0.05) is 25.2 Å². The maximum atomic E-state index is 13.8. The number of sulfonamides is 1. The summed E-state index contributed by atoms with van der Waals surface area (Å²) in [6, 6.07) is 20.7. The van der Waals surface area contributed by atoms with Crippen molar-refractivity contribution in [3.8, 4) is 0 Å². The zero-order valence-corrected chi connectivity index (χ0v) is 22.9. The minimum absolute atomic E-state index is 0.0477. The molecule has 0 aromatic heterocycles. The van der Waals surface area contributed by atoms with Gasteiger partial charge < -0.3 is 10.2 Å². The van der Waals surface area contributed by atoms with Crippen molar-refractivity contribution in [3.63, 3.8) is 0 Å². The largest absolute Gasteiger partial charge is 0.354 e. The van der Waals surface area contributed by atoms with Gasteiger partial charge in [0.05, 0.1) is 15.5 Å². The van der Waals surface area contributed by atoms with Crippen LogP contribution in [0.3, 0.4) is 0 Å². The highest BCUT2D eigenvalue weighted by atomic mass is 32.2. The average molecular weight is 553 g/mol. The van der Waals surface area contributed by atoms with E-state index in [4.69, 9.17) is 0 Å².